The van der Waals surface area contributed by atoms with Crippen LogP contribution in [0.3, 0.4) is 0 Å². The Bertz CT molecular complexity index is 1030. The zero-order valence-electron chi connectivity index (χ0n) is 15.1. The van der Waals surface area contributed by atoms with E-state index in [1.165, 1.54) is 32.0 Å². The summed E-state index contributed by atoms with van der Waals surface area (Å²) in [5.41, 5.74) is 0.928. The third kappa shape index (κ3) is 4.40. The molecule has 0 spiro atoms. The number of methoxy groups -OCH3 is 2. The molecule has 2 aromatic carbocycles. The SMILES string of the molecule is COc1cc(C(=O)Nc2cc(Br)ccc2Sc2nnnn2C)cc(Cl)c1OC. The zero-order valence-corrected chi connectivity index (χ0v) is 18.2. The van der Waals surface area contributed by atoms with Crippen LogP contribution in [0.2, 0.25) is 5.02 Å². The minimum absolute atomic E-state index is 0.279. The summed E-state index contributed by atoms with van der Waals surface area (Å²) in [5, 5.41) is 15.2. The number of tetrazole rings is 1. The van der Waals surface area contributed by atoms with Crippen molar-refractivity contribution in [3.8, 4) is 11.5 Å². The number of ether oxygens (including phenoxy) is 2. The number of hydrogen-bond donors (Lipinski definition) is 1. The summed E-state index contributed by atoms with van der Waals surface area (Å²) in [5.74, 6) is 0.391. The maximum atomic E-state index is 12.8. The monoisotopic (exact) mass is 483 g/mol. The first-order valence-corrected chi connectivity index (χ1v) is 9.84. The quantitative estimate of drug-likeness (QED) is 0.564. The molecule has 1 aromatic heterocycles. The smallest absolute Gasteiger partial charge is 0.255 e. The van der Waals surface area contributed by atoms with E-state index in [9.17, 15) is 4.79 Å². The molecule has 0 aliphatic heterocycles. The van der Waals surface area contributed by atoms with Gasteiger partial charge in [0, 0.05) is 22.0 Å². The summed E-state index contributed by atoms with van der Waals surface area (Å²) in [7, 11) is 4.70. The predicted molar refractivity (Wildman–Crippen MR) is 110 cm³/mol. The number of halogens is 2. The number of carbonyl (C=O) groups excluding carboxylic acids is 1. The van der Waals surface area contributed by atoms with Gasteiger partial charge in [-0.05, 0) is 52.5 Å². The first-order valence-electron chi connectivity index (χ1n) is 7.85. The lowest BCUT2D eigenvalue weighted by Crippen LogP contribution is -2.13. The molecule has 0 fully saturated rings. The lowest BCUT2D eigenvalue weighted by molar-refractivity contribution is 0.102. The standard InChI is InChI=1S/C17H15BrClN5O3S/c1-24-17(21-22-23-24)28-14-5-4-10(18)8-12(14)20-16(25)9-6-11(19)15(27-3)13(7-9)26-2/h4-8H,1-3H3,(H,20,25). The maximum Gasteiger partial charge on any atom is 0.255 e. The van der Waals surface area contributed by atoms with Gasteiger partial charge in [-0.2, -0.15) is 0 Å². The Labute approximate surface area is 178 Å². The van der Waals surface area contributed by atoms with Crippen molar-refractivity contribution >= 4 is 50.9 Å². The molecule has 11 heteroatoms. The van der Waals surface area contributed by atoms with Gasteiger partial charge in [0.2, 0.25) is 5.16 Å². The van der Waals surface area contributed by atoms with Gasteiger partial charge >= 0.3 is 0 Å². The zero-order chi connectivity index (χ0) is 20.3. The first-order chi connectivity index (χ1) is 13.4. The maximum absolute atomic E-state index is 12.8. The molecule has 0 bridgehead atoms. The summed E-state index contributed by atoms with van der Waals surface area (Å²) in [6.45, 7) is 0. The Hall–Kier alpha value is -2.30. The van der Waals surface area contributed by atoms with Crippen LogP contribution in [0.1, 0.15) is 10.4 Å². The highest BCUT2D eigenvalue weighted by Gasteiger charge is 2.17. The summed E-state index contributed by atoms with van der Waals surface area (Å²) >= 11 is 11.0. The van der Waals surface area contributed by atoms with Gasteiger partial charge in [-0.25, -0.2) is 4.68 Å². The average molecular weight is 485 g/mol. The van der Waals surface area contributed by atoms with Gasteiger partial charge in [-0.1, -0.05) is 27.5 Å². The fraction of sp³-hybridized carbons (Fsp3) is 0.176. The number of benzene rings is 2. The predicted octanol–water partition coefficient (Wildman–Crippen LogP) is 4.05. The fourth-order valence-corrected chi connectivity index (χ4v) is 3.79. The Kier molecular flexibility index (Phi) is 6.42. The van der Waals surface area contributed by atoms with Gasteiger partial charge < -0.3 is 14.8 Å². The molecular formula is C17H15BrClN5O3S. The van der Waals surface area contributed by atoms with Crippen LogP contribution in [0.5, 0.6) is 11.5 Å². The van der Waals surface area contributed by atoms with Crippen LogP contribution in [0, 0.1) is 0 Å². The van der Waals surface area contributed by atoms with E-state index in [2.05, 4.69) is 36.8 Å². The molecule has 0 saturated heterocycles. The highest BCUT2D eigenvalue weighted by Crippen LogP contribution is 2.37. The second-order valence-electron chi connectivity index (χ2n) is 5.48. The van der Waals surface area contributed by atoms with Gasteiger partial charge in [-0.3, -0.25) is 4.79 Å². The molecule has 0 unspecified atom stereocenters. The number of amides is 1. The van der Waals surface area contributed by atoms with Crippen LogP contribution in [0.4, 0.5) is 5.69 Å². The molecule has 1 amide bonds. The van der Waals surface area contributed by atoms with Crippen molar-refractivity contribution in [2.45, 2.75) is 10.1 Å². The molecule has 1 N–H and O–H groups in total. The highest BCUT2D eigenvalue weighted by molar-refractivity contribution is 9.10. The molecule has 0 radical (unpaired) electrons. The topological polar surface area (TPSA) is 91.2 Å². The number of anilines is 1. The number of rotatable bonds is 6. The van der Waals surface area contributed by atoms with E-state index in [4.69, 9.17) is 21.1 Å². The third-order valence-corrected chi connectivity index (χ3v) is 5.55. The first kappa shape index (κ1) is 20.4. The molecule has 0 saturated carbocycles. The molecule has 3 rings (SSSR count). The van der Waals surface area contributed by atoms with Gasteiger partial charge in [0.05, 0.1) is 24.9 Å². The molecule has 0 aliphatic carbocycles. The van der Waals surface area contributed by atoms with Crippen molar-refractivity contribution in [2.75, 3.05) is 19.5 Å². The van der Waals surface area contributed by atoms with Crippen molar-refractivity contribution in [1.29, 1.82) is 0 Å². The lowest BCUT2D eigenvalue weighted by atomic mass is 10.1. The van der Waals surface area contributed by atoms with Crippen LogP contribution in [-0.4, -0.2) is 40.3 Å². The van der Waals surface area contributed by atoms with E-state index in [1.54, 1.807) is 23.9 Å². The second-order valence-corrected chi connectivity index (χ2v) is 7.81. The van der Waals surface area contributed by atoms with E-state index < -0.39 is 0 Å². The minimum Gasteiger partial charge on any atom is -0.493 e. The molecule has 8 nitrogen and oxygen atoms in total. The van der Waals surface area contributed by atoms with E-state index in [0.717, 1.165) is 9.37 Å². The van der Waals surface area contributed by atoms with E-state index in [-0.39, 0.29) is 10.9 Å². The summed E-state index contributed by atoms with van der Waals surface area (Å²) < 4.78 is 12.8. The van der Waals surface area contributed by atoms with E-state index >= 15 is 0 Å². The summed E-state index contributed by atoms with van der Waals surface area (Å²) in [4.78, 5) is 13.6. The van der Waals surface area contributed by atoms with Crippen LogP contribution >= 0.6 is 39.3 Å². The highest BCUT2D eigenvalue weighted by atomic mass is 79.9. The molecule has 3 aromatic rings. The van der Waals surface area contributed by atoms with E-state index in [1.807, 2.05) is 12.1 Å². The van der Waals surface area contributed by atoms with Crippen LogP contribution in [0.25, 0.3) is 0 Å². The van der Waals surface area contributed by atoms with Gasteiger partial charge in [0.1, 0.15) is 0 Å². The van der Waals surface area contributed by atoms with Gasteiger partial charge in [0.25, 0.3) is 5.91 Å². The van der Waals surface area contributed by atoms with E-state index in [0.29, 0.717) is 27.9 Å². The lowest BCUT2D eigenvalue weighted by Gasteiger charge is -2.13. The van der Waals surface area contributed by atoms with Crippen molar-refractivity contribution in [3.63, 3.8) is 0 Å². The van der Waals surface area contributed by atoms with Crippen molar-refractivity contribution in [3.05, 3.63) is 45.4 Å². The molecule has 0 aliphatic rings. The number of nitrogens with one attached hydrogen (secondary N) is 1. The van der Waals surface area contributed by atoms with Gasteiger partial charge in [-0.15, -0.1) is 5.10 Å². The van der Waals surface area contributed by atoms with Crippen LogP contribution in [-0.2, 0) is 7.05 Å². The van der Waals surface area contributed by atoms with Crippen LogP contribution in [0.15, 0.2) is 44.9 Å². The van der Waals surface area contributed by atoms with Crippen LogP contribution < -0.4 is 14.8 Å². The summed E-state index contributed by atoms with van der Waals surface area (Å²) in [6, 6.07) is 8.62. The van der Waals surface area contributed by atoms with Gasteiger partial charge in [0.15, 0.2) is 11.5 Å². The Morgan fingerprint density at radius 1 is 1.25 bits per heavy atom. The van der Waals surface area contributed by atoms with Crippen molar-refractivity contribution in [2.24, 2.45) is 7.05 Å². The average Bonchev–Trinajstić information content (AvgIpc) is 3.07. The number of aryl methyl sites for hydroxylation is 1. The Morgan fingerprint density at radius 3 is 2.68 bits per heavy atom. The molecule has 0 atom stereocenters. The molecule has 146 valence electrons. The third-order valence-electron chi connectivity index (χ3n) is 3.67. The fourth-order valence-electron chi connectivity index (χ4n) is 2.34. The Balaban J connectivity index is 1.91. The summed E-state index contributed by atoms with van der Waals surface area (Å²) in [6.07, 6.45) is 0. The minimum atomic E-state index is -0.348. The number of aromatic nitrogens is 4. The Morgan fingerprint density at radius 2 is 2.04 bits per heavy atom. The number of carbonyl (C=O) groups is 1. The number of hydrogen-bond acceptors (Lipinski definition) is 7. The second kappa shape index (κ2) is 8.80. The molecule has 28 heavy (non-hydrogen) atoms. The molecule has 1 heterocycles. The number of nitrogens with zero attached hydrogens (tertiary/aromatic N) is 4. The van der Waals surface area contributed by atoms with Crippen molar-refractivity contribution < 1.29 is 14.3 Å². The molecular weight excluding hydrogens is 470 g/mol. The normalized spacial score (nSPS) is 10.6. The largest absolute Gasteiger partial charge is 0.493 e. The van der Waals surface area contributed by atoms with Crippen molar-refractivity contribution in [1.82, 2.24) is 20.2 Å².